The Labute approximate surface area is 145 Å². The second kappa shape index (κ2) is 6.68. The zero-order valence-electron chi connectivity index (χ0n) is 14.5. The third-order valence-corrected chi connectivity index (χ3v) is 4.60. The molecule has 1 aromatic carbocycles. The van der Waals surface area contributed by atoms with Gasteiger partial charge in [0.1, 0.15) is 6.04 Å². The van der Waals surface area contributed by atoms with Gasteiger partial charge >= 0.3 is 5.97 Å². The first-order chi connectivity index (χ1) is 11.9. The maximum Gasteiger partial charge on any atom is 0.323 e. The van der Waals surface area contributed by atoms with Crippen LogP contribution in [0, 0.1) is 6.92 Å². The number of aryl methyl sites for hydroxylation is 1. The zero-order chi connectivity index (χ0) is 18.1. The molecule has 0 spiro atoms. The smallest absolute Gasteiger partial charge is 0.323 e. The van der Waals surface area contributed by atoms with Crippen molar-refractivity contribution in [1.29, 1.82) is 0 Å². The van der Waals surface area contributed by atoms with E-state index in [2.05, 4.69) is 10.3 Å². The Morgan fingerprint density at radius 3 is 2.80 bits per heavy atom. The van der Waals surface area contributed by atoms with Crippen molar-refractivity contribution in [2.24, 2.45) is 0 Å². The van der Waals surface area contributed by atoms with Crippen molar-refractivity contribution in [1.82, 2.24) is 15.2 Å². The van der Waals surface area contributed by atoms with Crippen molar-refractivity contribution in [3.05, 3.63) is 45.7 Å². The summed E-state index contributed by atoms with van der Waals surface area (Å²) in [4.78, 5) is 40.9. The van der Waals surface area contributed by atoms with Crippen LogP contribution in [0.25, 0.3) is 10.9 Å². The first kappa shape index (κ1) is 17.2. The van der Waals surface area contributed by atoms with Gasteiger partial charge in [0.15, 0.2) is 0 Å². The van der Waals surface area contributed by atoms with Gasteiger partial charge in [-0.05, 0) is 32.5 Å². The van der Waals surface area contributed by atoms with E-state index in [1.807, 2.05) is 31.0 Å². The molecule has 7 heteroatoms. The Bertz CT molecular complexity index is 890. The van der Waals surface area contributed by atoms with Crippen molar-refractivity contribution in [3.63, 3.8) is 0 Å². The van der Waals surface area contributed by atoms with E-state index >= 15 is 0 Å². The maximum absolute atomic E-state index is 12.7. The molecular formula is C18H21N3O4. The van der Waals surface area contributed by atoms with Crippen LogP contribution in [0.1, 0.15) is 22.3 Å². The molecule has 2 aromatic rings. The second-order valence-electron chi connectivity index (χ2n) is 6.48. The molecule has 0 radical (unpaired) electrons. The third-order valence-electron chi connectivity index (χ3n) is 4.60. The van der Waals surface area contributed by atoms with Crippen LogP contribution in [-0.4, -0.2) is 54.5 Å². The van der Waals surface area contributed by atoms with Gasteiger partial charge < -0.3 is 15.0 Å². The molecule has 0 saturated carbocycles. The molecule has 2 atom stereocenters. The number of H-pyrrole nitrogens is 1. The van der Waals surface area contributed by atoms with Crippen molar-refractivity contribution in [2.75, 3.05) is 20.7 Å². The van der Waals surface area contributed by atoms with Crippen LogP contribution in [0.3, 0.4) is 0 Å². The number of benzene rings is 1. The van der Waals surface area contributed by atoms with Crippen LogP contribution < -0.4 is 10.9 Å². The van der Waals surface area contributed by atoms with Crippen molar-refractivity contribution in [3.8, 4) is 0 Å². The number of rotatable bonds is 3. The molecule has 2 N–H and O–H groups in total. The summed E-state index contributed by atoms with van der Waals surface area (Å²) < 4.78 is 4.79. The second-order valence-corrected chi connectivity index (χ2v) is 6.48. The Balaban J connectivity index is 1.85. The van der Waals surface area contributed by atoms with Gasteiger partial charge in [-0.2, -0.15) is 0 Å². The summed E-state index contributed by atoms with van der Waals surface area (Å²) in [6.45, 7) is 2.48. The lowest BCUT2D eigenvalue weighted by Crippen LogP contribution is -2.37. The molecule has 1 aromatic heterocycles. The Hall–Kier alpha value is -2.67. The molecule has 1 aliphatic heterocycles. The van der Waals surface area contributed by atoms with E-state index in [4.69, 9.17) is 4.74 Å². The minimum atomic E-state index is -0.367. The first-order valence-electron chi connectivity index (χ1n) is 8.11. The molecule has 1 fully saturated rings. The quantitative estimate of drug-likeness (QED) is 0.805. The van der Waals surface area contributed by atoms with E-state index in [1.165, 1.54) is 13.2 Å². The number of hydrogen-bond acceptors (Lipinski definition) is 5. The van der Waals surface area contributed by atoms with E-state index in [-0.39, 0.29) is 29.5 Å². The average molecular weight is 343 g/mol. The third kappa shape index (κ3) is 3.41. The molecule has 0 bridgehead atoms. The lowest BCUT2D eigenvalue weighted by molar-refractivity contribution is -0.145. The normalized spacial score (nSPS) is 20.6. The number of ether oxygens (including phenoxy) is 1. The number of likely N-dealkylation sites (tertiary alicyclic amines) is 1. The Morgan fingerprint density at radius 1 is 1.32 bits per heavy atom. The fraction of sp³-hybridized carbons (Fsp3) is 0.389. The van der Waals surface area contributed by atoms with Crippen LogP contribution in [0.2, 0.25) is 0 Å². The highest BCUT2D eigenvalue weighted by Crippen LogP contribution is 2.20. The van der Waals surface area contributed by atoms with Gasteiger partial charge in [0.2, 0.25) is 5.56 Å². The van der Waals surface area contributed by atoms with Crippen molar-refractivity contribution >= 4 is 22.8 Å². The van der Waals surface area contributed by atoms with Gasteiger partial charge in [-0.1, -0.05) is 11.6 Å². The maximum atomic E-state index is 12.7. The predicted molar refractivity (Wildman–Crippen MR) is 93.6 cm³/mol. The number of esters is 1. The van der Waals surface area contributed by atoms with Gasteiger partial charge in [0.25, 0.3) is 5.91 Å². The van der Waals surface area contributed by atoms with Crippen LogP contribution >= 0.6 is 0 Å². The number of pyridine rings is 1. The van der Waals surface area contributed by atoms with Crippen LogP contribution in [-0.2, 0) is 9.53 Å². The summed E-state index contributed by atoms with van der Waals surface area (Å²) in [7, 11) is 3.17. The summed E-state index contributed by atoms with van der Waals surface area (Å²) >= 11 is 0. The molecule has 132 valence electrons. The molecule has 2 heterocycles. The van der Waals surface area contributed by atoms with Crippen LogP contribution in [0.15, 0.2) is 29.1 Å². The summed E-state index contributed by atoms with van der Waals surface area (Å²) in [6, 6.07) is 6.31. The van der Waals surface area contributed by atoms with Gasteiger partial charge in [0, 0.05) is 29.6 Å². The molecular weight excluding hydrogens is 322 g/mol. The number of carbonyl (C=O) groups is 2. The van der Waals surface area contributed by atoms with E-state index in [1.54, 1.807) is 6.07 Å². The highest BCUT2D eigenvalue weighted by Gasteiger charge is 2.36. The van der Waals surface area contributed by atoms with Gasteiger partial charge in [0.05, 0.1) is 12.7 Å². The largest absolute Gasteiger partial charge is 0.468 e. The molecule has 1 saturated heterocycles. The molecule has 7 nitrogen and oxygen atoms in total. The monoisotopic (exact) mass is 343 g/mol. The van der Waals surface area contributed by atoms with Crippen molar-refractivity contribution in [2.45, 2.75) is 25.4 Å². The van der Waals surface area contributed by atoms with E-state index < -0.39 is 0 Å². The fourth-order valence-corrected chi connectivity index (χ4v) is 3.33. The van der Waals surface area contributed by atoms with Crippen molar-refractivity contribution < 1.29 is 14.3 Å². The Morgan fingerprint density at radius 2 is 2.08 bits per heavy atom. The average Bonchev–Trinajstić information content (AvgIpc) is 2.94. The number of fused-ring (bicyclic) bond motifs is 1. The molecule has 0 aliphatic carbocycles. The molecule has 1 aliphatic rings. The number of nitrogens with one attached hydrogen (secondary N) is 2. The summed E-state index contributed by atoms with van der Waals surface area (Å²) in [5.41, 5.74) is 1.64. The van der Waals surface area contributed by atoms with Crippen LogP contribution in [0.5, 0.6) is 0 Å². The highest BCUT2D eigenvalue weighted by molar-refractivity contribution is 6.06. The number of likely N-dealkylation sites (N-methyl/N-ethyl adjacent to an activating group) is 1. The number of hydrogen-bond donors (Lipinski definition) is 2. The van der Waals surface area contributed by atoms with E-state index in [9.17, 15) is 14.4 Å². The van der Waals surface area contributed by atoms with Gasteiger partial charge in [-0.15, -0.1) is 0 Å². The minimum absolute atomic E-state index is 0.180. The minimum Gasteiger partial charge on any atom is -0.468 e. The van der Waals surface area contributed by atoms with E-state index in [0.717, 1.165) is 5.56 Å². The van der Waals surface area contributed by atoms with Gasteiger partial charge in [-0.25, -0.2) is 0 Å². The summed E-state index contributed by atoms with van der Waals surface area (Å²) in [5.74, 6) is -0.623. The SMILES string of the molecule is COC(=O)[C@@H]1C[C@H](NC(=O)c2cc(=O)[nH]c3ccc(C)cc23)CN1C. The predicted octanol–water partition coefficient (Wildman–Crippen LogP) is 0.812. The number of amides is 1. The number of carbonyl (C=O) groups excluding carboxylic acids is 2. The standard InChI is InChI=1S/C18H21N3O4/c1-10-4-5-14-12(6-10)13(8-16(22)20-14)17(23)19-11-7-15(18(24)25-3)21(2)9-11/h4-6,8,11,15H,7,9H2,1-3H3,(H,19,23)(H,20,22)/t11-,15-/m0/s1. The summed E-state index contributed by atoms with van der Waals surface area (Å²) in [6.07, 6.45) is 0.481. The van der Waals surface area contributed by atoms with Crippen LogP contribution in [0.4, 0.5) is 0 Å². The number of nitrogens with zero attached hydrogens (tertiary/aromatic N) is 1. The summed E-state index contributed by atoms with van der Waals surface area (Å²) in [5, 5.41) is 3.63. The van der Waals surface area contributed by atoms with Gasteiger partial charge in [-0.3, -0.25) is 19.3 Å². The number of methoxy groups -OCH3 is 1. The number of aromatic amines is 1. The molecule has 25 heavy (non-hydrogen) atoms. The first-order valence-corrected chi connectivity index (χ1v) is 8.11. The number of aromatic nitrogens is 1. The highest BCUT2D eigenvalue weighted by atomic mass is 16.5. The lowest BCUT2D eigenvalue weighted by atomic mass is 10.1. The lowest BCUT2D eigenvalue weighted by Gasteiger charge is -2.15. The van der Waals surface area contributed by atoms with E-state index in [0.29, 0.717) is 29.4 Å². The molecule has 3 rings (SSSR count). The topological polar surface area (TPSA) is 91.5 Å². The fourth-order valence-electron chi connectivity index (χ4n) is 3.33. The molecule has 1 amide bonds. The zero-order valence-corrected chi connectivity index (χ0v) is 14.5. The molecule has 0 unspecified atom stereocenters. The Kier molecular flexibility index (Phi) is 4.59.